The Morgan fingerprint density at radius 3 is 2.89 bits per heavy atom. The Morgan fingerprint density at radius 1 is 1.63 bits per heavy atom. The third kappa shape index (κ3) is 3.46. The van der Waals surface area contributed by atoms with Gasteiger partial charge in [-0.15, -0.1) is 0 Å². The molecule has 0 radical (unpaired) electrons. The molecule has 0 saturated carbocycles. The van der Waals surface area contributed by atoms with Crippen molar-refractivity contribution in [2.75, 3.05) is 27.2 Å². The van der Waals surface area contributed by atoms with E-state index in [2.05, 4.69) is 5.16 Å². The van der Waals surface area contributed by atoms with Crippen LogP contribution in [-0.2, 0) is 11.2 Å². The predicted octanol–water partition coefficient (Wildman–Crippen LogP) is 0.394. The fourth-order valence-corrected chi connectivity index (χ4v) is 2.43. The summed E-state index contributed by atoms with van der Waals surface area (Å²) >= 11 is 5.64. The maximum Gasteiger partial charge on any atom is 0.223 e. The van der Waals surface area contributed by atoms with Crippen molar-refractivity contribution in [3.8, 4) is 0 Å². The number of aliphatic hydroxyl groups is 1. The first-order valence-electron chi connectivity index (χ1n) is 6.20. The average Bonchev–Trinajstić information content (AvgIpc) is 2.92. The SMILES string of the molecule is CN(C)[C@@H]1CN(C(=O)CCc2cc(Cl)no2)C[C@H]1O. The van der Waals surface area contributed by atoms with Crippen molar-refractivity contribution in [2.24, 2.45) is 0 Å². The number of aryl methyl sites for hydroxylation is 1. The summed E-state index contributed by atoms with van der Waals surface area (Å²) in [6, 6.07) is 1.61. The number of rotatable bonds is 4. The van der Waals surface area contributed by atoms with Crippen LogP contribution in [0.2, 0.25) is 5.15 Å². The molecule has 19 heavy (non-hydrogen) atoms. The summed E-state index contributed by atoms with van der Waals surface area (Å²) in [5, 5.41) is 13.7. The molecule has 1 aromatic heterocycles. The van der Waals surface area contributed by atoms with Crippen LogP contribution in [0, 0.1) is 0 Å². The fraction of sp³-hybridized carbons (Fsp3) is 0.667. The Balaban J connectivity index is 1.84. The van der Waals surface area contributed by atoms with Crippen LogP contribution < -0.4 is 0 Å². The van der Waals surface area contributed by atoms with Crippen LogP contribution in [0.1, 0.15) is 12.2 Å². The highest BCUT2D eigenvalue weighted by atomic mass is 35.5. The van der Waals surface area contributed by atoms with Gasteiger partial charge in [-0.3, -0.25) is 4.79 Å². The van der Waals surface area contributed by atoms with Gasteiger partial charge in [0.15, 0.2) is 5.15 Å². The van der Waals surface area contributed by atoms with Crippen molar-refractivity contribution in [3.05, 3.63) is 17.0 Å². The van der Waals surface area contributed by atoms with Crippen LogP contribution in [0.25, 0.3) is 0 Å². The minimum absolute atomic E-state index is 0.00340. The maximum absolute atomic E-state index is 12.0. The summed E-state index contributed by atoms with van der Waals surface area (Å²) in [7, 11) is 3.80. The van der Waals surface area contributed by atoms with Crippen molar-refractivity contribution < 1.29 is 14.4 Å². The maximum atomic E-state index is 12.0. The van der Waals surface area contributed by atoms with Gasteiger partial charge in [0.05, 0.1) is 12.1 Å². The molecule has 0 spiro atoms. The summed E-state index contributed by atoms with van der Waals surface area (Å²) in [6.45, 7) is 0.947. The second-order valence-electron chi connectivity index (χ2n) is 5.01. The van der Waals surface area contributed by atoms with Gasteiger partial charge in [-0.2, -0.15) is 0 Å². The first-order chi connectivity index (χ1) is 8.97. The molecule has 2 rings (SSSR count). The monoisotopic (exact) mass is 287 g/mol. The largest absolute Gasteiger partial charge is 0.390 e. The van der Waals surface area contributed by atoms with Crippen LogP contribution in [0.5, 0.6) is 0 Å². The first kappa shape index (κ1) is 14.3. The number of aromatic nitrogens is 1. The standard InChI is InChI=1S/C12H18ClN3O3/c1-15(2)9-6-16(7-10(9)17)12(18)4-3-8-5-11(13)14-19-8/h5,9-10,17H,3-4,6-7H2,1-2H3/t9-,10-/m1/s1. The number of nitrogens with zero attached hydrogens (tertiary/aromatic N) is 3. The average molecular weight is 288 g/mol. The first-order valence-corrected chi connectivity index (χ1v) is 6.58. The lowest BCUT2D eigenvalue weighted by atomic mass is 10.2. The van der Waals surface area contributed by atoms with E-state index in [-0.39, 0.29) is 11.9 Å². The zero-order valence-electron chi connectivity index (χ0n) is 11.0. The van der Waals surface area contributed by atoms with Gasteiger partial charge in [0.1, 0.15) is 5.76 Å². The molecule has 1 N–H and O–H groups in total. The summed E-state index contributed by atoms with van der Waals surface area (Å²) < 4.78 is 4.95. The van der Waals surface area contributed by atoms with Crippen LogP contribution in [0.4, 0.5) is 0 Å². The topological polar surface area (TPSA) is 69.8 Å². The van der Waals surface area contributed by atoms with Crippen molar-refractivity contribution in [3.63, 3.8) is 0 Å². The van der Waals surface area contributed by atoms with Gasteiger partial charge in [0.2, 0.25) is 5.91 Å². The molecule has 0 bridgehead atoms. The van der Waals surface area contributed by atoms with E-state index < -0.39 is 6.10 Å². The Kier molecular flexibility index (Phi) is 4.44. The number of likely N-dealkylation sites (tertiary alicyclic amines) is 1. The van der Waals surface area contributed by atoms with E-state index in [9.17, 15) is 9.90 Å². The highest BCUT2D eigenvalue weighted by Crippen LogP contribution is 2.17. The van der Waals surface area contributed by atoms with Crippen molar-refractivity contribution in [1.29, 1.82) is 0 Å². The number of aliphatic hydroxyl groups excluding tert-OH is 1. The number of carbonyl (C=O) groups is 1. The van der Waals surface area contributed by atoms with Crippen LogP contribution in [-0.4, -0.2) is 65.3 Å². The van der Waals surface area contributed by atoms with E-state index in [4.69, 9.17) is 16.1 Å². The molecule has 0 aliphatic carbocycles. The number of amides is 1. The third-order valence-corrected chi connectivity index (χ3v) is 3.57. The lowest BCUT2D eigenvalue weighted by molar-refractivity contribution is -0.130. The van der Waals surface area contributed by atoms with E-state index in [1.807, 2.05) is 19.0 Å². The summed E-state index contributed by atoms with van der Waals surface area (Å²) in [5.74, 6) is 0.609. The molecule has 0 unspecified atom stereocenters. The second kappa shape index (κ2) is 5.90. The van der Waals surface area contributed by atoms with Gasteiger partial charge in [0.25, 0.3) is 0 Å². The summed E-state index contributed by atoms with van der Waals surface area (Å²) in [6.07, 6.45) is 0.314. The zero-order chi connectivity index (χ0) is 14.0. The van der Waals surface area contributed by atoms with Gasteiger partial charge < -0.3 is 19.4 Å². The Bertz CT molecular complexity index is 449. The van der Waals surface area contributed by atoms with Gasteiger partial charge in [-0.25, -0.2) is 0 Å². The Morgan fingerprint density at radius 2 is 2.37 bits per heavy atom. The smallest absolute Gasteiger partial charge is 0.223 e. The minimum atomic E-state index is -0.487. The van der Waals surface area contributed by atoms with Crippen molar-refractivity contribution in [2.45, 2.75) is 25.0 Å². The molecule has 106 valence electrons. The number of hydrogen-bond donors (Lipinski definition) is 1. The van der Waals surface area contributed by atoms with E-state index in [1.165, 1.54) is 0 Å². The fourth-order valence-electron chi connectivity index (χ4n) is 2.27. The zero-order valence-corrected chi connectivity index (χ0v) is 11.8. The number of halogens is 1. The molecule has 1 aliphatic rings. The highest BCUT2D eigenvalue weighted by Gasteiger charge is 2.34. The predicted molar refractivity (Wildman–Crippen MR) is 69.9 cm³/mol. The van der Waals surface area contributed by atoms with E-state index in [0.717, 1.165) is 0 Å². The quantitative estimate of drug-likeness (QED) is 0.868. The highest BCUT2D eigenvalue weighted by molar-refractivity contribution is 6.29. The molecule has 2 atom stereocenters. The minimum Gasteiger partial charge on any atom is -0.390 e. The lowest BCUT2D eigenvalue weighted by Gasteiger charge is -2.21. The number of carbonyl (C=O) groups excluding carboxylic acids is 1. The number of likely N-dealkylation sites (N-methyl/N-ethyl adjacent to an activating group) is 1. The third-order valence-electron chi connectivity index (χ3n) is 3.39. The molecule has 2 heterocycles. The Labute approximate surface area is 116 Å². The molecule has 1 aromatic rings. The normalized spacial score (nSPS) is 23.3. The Hall–Kier alpha value is -1.11. The van der Waals surface area contributed by atoms with Gasteiger partial charge in [-0.05, 0) is 14.1 Å². The molecule has 1 amide bonds. The molecule has 1 aliphatic heterocycles. The number of β-amino-alcohol motifs (C(OH)–C–C–N with tert-alkyl or cyclic N) is 1. The van der Waals surface area contributed by atoms with E-state index in [1.54, 1.807) is 11.0 Å². The van der Waals surface area contributed by atoms with Crippen LogP contribution >= 0.6 is 11.6 Å². The molecule has 6 nitrogen and oxygen atoms in total. The number of hydrogen-bond acceptors (Lipinski definition) is 5. The van der Waals surface area contributed by atoms with E-state index >= 15 is 0 Å². The van der Waals surface area contributed by atoms with Crippen molar-refractivity contribution >= 4 is 17.5 Å². The molecular formula is C12H18ClN3O3. The van der Waals surface area contributed by atoms with E-state index in [0.29, 0.717) is 36.8 Å². The van der Waals surface area contributed by atoms with Crippen LogP contribution in [0.15, 0.2) is 10.6 Å². The van der Waals surface area contributed by atoms with Gasteiger partial charge in [-0.1, -0.05) is 16.8 Å². The lowest BCUT2D eigenvalue weighted by Crippen LogP contribution is -2.38. The van der Waals surface area contributed by atoms with Crippen molar-refractivity contribution in [1.82, 2.24) is 15.0 Å². The van der Waals surface area contributed by atoms with Gasteiger partial charge in [0, 0.05) is 32.0 Å². The molecule has 0 aromatic carbocycles. The summed E-state index contributed by atoms with van der Waals surface area (Å²) in [4.78, 5) is 15.7. The van der Waals surface area contributed by atoms with Crippen LogP contribution in [0.3, 0.4) is 0 Å². The molecule has 1 saturated heterocycles. The molecular weight excluding hydrogens is 270 g/mol. The molecule has 1 fully saturated rings. The second-order valence-corrected chi connectivity index (χ2v) is 5.40. The molecule has 7 heteroatoms. The van der Waals surface area contributed by atoms with Gasteiger partial charge >= 0.3 is 0 Å². The summed E-state index contributed by atoms with van der Waals surface area (Å²) in [5.41, 5.74) is 0.